The number of benzene rings is 1. The van der Waals surface area contributed by atoms with E-state index in [1.54, 1.807) is 12.1 Å². The van der Waals surface area contributed by atoms with Crippen molar-refractivity contribution in [2.75, 3.05) is 0 Å². The Labute approximate surface area is 93.2 Å². The second-order valence-corrected chi connectivity index (χ2v) is 4.89. The Hall–Kier alpha value is -0.350. The second kappa shape index (κ2) is 4.24. The molecule has 13 heavy (non-hydrogen) atoms. The highest BCUT2D eigenvalue weighted by Crippen LogP contribution is 2.26. The van der Waals surface area contributed by atoms with Crippen LogP contribution < -0.4 is 0 Å². The molecule has 70 valence electrons. The summed E-state index contributed by atoms with van der Waals surface area (Å²) < 4.78 is 0.615. The summed E-state index contributed by atoms with van der Waals surface area (Å²) in [5, 5.41) is 8.75. The number of rotatable bonds is 2. The SMILES string of the molecule is CC(Br)c1ccc(C(=O)O)c(Br)c1. The Bertz CT molecular complexity index is 334. The third-order valence-electron chi connectivity index (χ3n) is 1.68. The van der Waals surface area contributed by atoms with Crippen molar-refractivity contribution in [1.82, 2.24) is 0 Å². The molecule has 0 aromatic heterocycles. The van der Waals surface area contributed by atoms with Crippen molar-refractivity contribution < 1.29 is 9.90 Å². The molecule has 1 atom stereocenters. The van der Waals surface area contributed by atoms with Crippen LogP contribution in [-0.2, 0) is 0 Å². The zero-order valence-corrected chi connectivity index (χ0v) is 10.1. The first-order chi connectivity index (χ1) is 6.02. The number of carboxylic acids is 1. The molecule has 1 aromatic rings. The van der Waals surface area contributed by atoms with Crippen LogP contribution >= 0.6 is 31.9 Å². The van der Waals surface area contributed by atoms with Crippen LogP contribution in [0.4, 0.5) is 0 Å². The molecule has 1 rings (SSSR count). The van der Waals surface area contributed by atoms with Crippen molar-refractivity contribution in [1.29, 1.82) is 0 Å². The van der Waals surface area contributed by atoms with Gasteiger partial charge >= 0.3 is 5.97 Å². The highest BCUT2D eigenvalue weighted by molar-refractivity contribution is 9.10. The zero-order valence-electron chi connectivity index (χ0n) is 6.92. The summed E-state index contributed by atoms with van der Waals surface area (Å²) in [4.78, 5) is 10.9. The molecule has 0 radical (unpaired) electrons. The fourth-order valence-electron chi connectivity index (χ4n) is 0.952. The van der Waals surface area contributed by atoms with Gasteiger partial charge in [0.25, 0.3) is 0 Å². The summed E-state index contributed by atoms with van der Waals surface area (Å²) in [6.45, 7) is 1.99. The maximum Gasteiger partial charge on any atom is 0.336 e. The summed E-state index contributed by atoms with van der Waals surface area (Å²) in [5.41, 5.74) is 1.34. The standard InChI is InChI=1S/C9H8Br2O2/c1-5(10)6-2-3-7(9(12)13)8(11)4-6/h2-5H,1H3,(H,12,13). The van der Waals surface area contributed by atoms with Crippen LogP contribution in [-0.4, -0.2) is 11.1 Å². The summed E-state index contributed by atoms with van der Waals surface area (Å²) in [6.07, 6.45) is 0. The van der Waals surface area contributed by atoms with Crippen molar-refractivity contribution in [2.45, 2.75) is 11.8 Å². The number of hydrogen-bond acceptors (Lipinski definition) is 1. The Morgan fingerprint density at radius 1 is 1.54 bits per heavy atom. The average molecular weight is 308 g/mol. The first kappa shape index (κ1) is 10.7. The molecule has 0 amide bonds. The minimum atomic E-state index is -0.916. The monoisotopic (exact) mass is 306 g/mol. The van der Waals surface area contributed by atoms with Crippen LogP contribution in [0.25, 0.3) is 0 Å². The molecule has 0 aliphatic heterocycles. The molecule has 1 unspecified atom stereocenters. The van der Waals surface area contributed by atoms with Gasteiger partial charge in [-0.05, 0) is 40.5 Å². The Morgan fingerprint density at radius 2 is 2.15 bits per heavy atom. The van der Waals surface area contributed by atoms with Gasteiger partial charge in [0.2, 0.25) is 0 Å². The van der Waals surface area contributed by atoms with E-state index in [1.807, 2.05) is 13.0 Å². The normalized spacial score (nSPS) is 12.5. The van der Waals surface area contributed by atoms with Crippen LogP contribution in [0.3, 0.4) is 0 Å². The van der Waals surface area contributed by atoms with Crippen LogP contribution in [0.5, 0.6) is 0 Å². The molecule has 1 N–H and O–H groups in total. The lowest BCUT2D eigenvalue weighted by atomic mass is 10.1. The van der Waals surface area contributed by atoms with Gasteiger partial charge in [-0.1, -0.05) is 22.0 Å². The predicted octanol–water partition coefficient (Wildman–Crippen LogP) is 3.60. The molecule has 1 aromatic carbocycles. The van der Waals surface area contributed by atoms with Crippen molar-refractivity contribution in [3.63, 3.8) is 0 Å². The summed E-state index contributed by atoms with van der Waals surface area (Å²) in [5.74, 6) is -0.916. The first-order valence-electron chi connectivity index (χ1n) is 3.69. The number of carboxylic acid groups (broad SMARTS) is 1. The van der Waals surface area contributed by atoms with E-state index < -0.39 is 5.97 Å². The molecule has 0 heterocycles. The molecule has 0 saturated heterocycles. The highest BCUT2D eigenvalue weighted by Gasteiger charge is 2.09. The predicted molar refractivity (Wildman–Crippen MR) is 58.4 cm³/mol. The van der Waals surface area contributed by atoms with E-state index >= 15 is 0 Å². The molecular formula is C9H8Br2O2. The van der Waals surface area contributed by atoms with Crippen LogP contribution in [0.15, 0.2) is 22.7 Å². The van der Waals surface area contributed by atoms with Crippen molar-refractivity contribution >= 4 is 37.8 Å². The minimum absolute atomic E-state index is 0.228. The van der Waals surface area contributed by atoms with Crippen LogP contribution in [0, 0.1) is 0 Å². The topological polar surface area (TPSA) is 37.3 Å². The van der Waals surface area contributed by atoms with E-state index in [9.17, 15) is 4.79 Å². The van der Waals surface area contributed by atoms with Crippen LogP contribution in [0.2, 0.25) is 0 Å². The smallest absolute Gasteiger partial charge is 0.336 e. The van der Waals surface area contributed by atoms with E-state index in [1.165, 1.54) is 0 Å². The molecule has 2 nitrogen and oxygen atoms in total. The first-order valence-corrected chi connectivity index (χ1v) is 5.40. The number of halogens is 2. The average Bonchev–Trinajstić information content (AvgIpc) is 2.03. The Kier molecular flexibility index (Phi) is 3.50. The maximum atomic E-state index is 10.7. The fraction of sp³-hybridized carbons (Fsp3) is 0.222. The number of alkyl halides is 1. The van der Waals surface area contributed by atoms with Gasteiger partial charge in [-0.15, -0.1) is 0 Å². The second-order valence-electron chi connectivity index (χ2n) is 2.66. The molecule has 0 aliphatic rings. The van der Waals surface area contributed by atoms with Gasteiger partial charge in [-0.25, -0.2) is 4.79 Å². The Morgan fingerprint density at radius 3 is 2.54 bits per heavy atom. The fourth-order valence-corrected chi connectivity index (χ4v) is 1.80. The summed E-state index contributed by atoms with van der Waals surface area (Å²) >= 11 is 6.62. The van der Waals surface area contributed by atoms with Gasteiger partial charge in [-0.2, -0.15) is 0 Å². The van der Waals surface area contributed by atoms with E-state index in [0.717, 1.165) is 5.56 Å². The largest absolute Gasteiger partial charge is 0.478 e. The van der Waals surface area contributed by atoms with E-state index in [4.69, 9.17) is 5.11 Å². The third-order valence-corrected chi connectivity index (χ3v) is 2.87. The molecule has 0 aliphatic carbocycles. The molecule has 4 heteroatoms. The van der Waals surface area contributed by atoms with Gasteiger partial charge in [-0.3, -0.25) is 0 Å². The van der Waals surface area contributed by atoms with Crippen molar-refractivity contribution in [3.05, 3.63) is 33.8 Å². The van der Waals surface area contributed by atoms with Gasteiger partial charge in [0.15, 0.2) is 0 Å². The van der Waals surface area contributed by atoms with Gasteiger partial charge < -0.3 is 5.11 Å². The molecule has 0 spiro atoms. The van der Waals surface area contributed by atoms with Crippen molar-refractivity contribution in [2.24, 2.45) is 0 Å². The third kappa shape index (κ3) is 2.54. The lowest BCUT2D eigenvalue weighted by Crippen LogP contribution is -1.98. The lowest BCUT2D eigenvalue weighted by molar-refractivity contribution is 0.0696. The quantitative estimate of drug-likeness (QED) is 0.848. The molecule has 0 bridgehead atoms. The van der Waals surface area contributed by atoms with E-state index in [2.05, 4.69) is 31.9 Å². The molecule has 0 saturated carbocycles. The molecule has 0 fully saturated rings. The highest BCUT2D eigenvalue weighted by atomic mass is 79.9. The zero-order chi connectivity index (χ0) is 10.0. The summed E-state index contributed by atoms with van der Waals surface area (Å²) in [7, 11) is 0. The number of aromatic carboxylic acids is 1. The number of hydrogen-bond donors (Lipinski definition) is 1. The van der Waals surface area contributed by atoms with Gasteiger partial charge in [0.05, 0.1) is 5.56 Å². The lowest BCUT2D eigenvalue weighted by Gasteiger charge is -2.05. The molecular weight excluding hydrogens is 300 g/mol. The van der Waals surface area contributed by atoms with E-state index in [-0.39, 0.29) is 10.4 Å². The number of carbonyl (C=O) groups is 1. The maximum absolute atomic E-state index is 10.7. The Balaban J connectivity index is 3.13. The van der Waals surface area contributed by atoms with E-state index in [0.29, 0.717) is 4.47 Å². The van der Waals surface area contributed by atoms with Crippen LogP contribution in [0.1, 0.15) is 27.7 Å². The summed E-state index contributed by atoms with van der Waals surface area (Å²) in [6, 6.07) is 5.20. The van der Waals surface area contributed by atoms with Crippen molar-refractivity contribution in [3.8, 4) is 0 Å². The van der Waals surface area contributed by atoms with Gasteiger partial charge in [0.1, 0.15) is 0 Å². The van der Waals surface area contributed by atoms with Gasteiger partial charge in [0, 0.05) is 9.30 Å². The minimum Gasteiger partial charge on any atom is -0.478 e.